The van der Waals surface area contributed by atoms with E-state index in [1.165, 1.54) is 0 Å². The molecule has 1 aromatic carbocycles. The number of halogens is 1. The summed E-state index contributed by atoms with van der Waals surface area (Å²) < 4.78 is 0. The maximum atomic E-state index is 11.6. The van der Waals surface area contributed by atoms with E-state index in [4.69, 9.17) is 11.6 Å². The van der Waals surface area contributed by atoms with E-state index in [-0.39, 0.29) is 0 Å². The molecule has 1 N–H and O–H groups in total. The highest BCUT2D eigenvalue weighted by Gasteiger charge is 2.31. The van der Waals surface area contributed by atoms with Gasteiger partial charge >= 0.3 is 0 Å². The van der Waals surface area contributed by atoms with Crippen LogP contribution in [0.4, 0.5) is 11.4 Å². The van der Waals surface area contributed by atoms with Crippen LogP contribution >= 0.6 is 11.6 Å². The Morgan fingerprint density at radius 3 is 2.50 bits per heavy atom. The van der Waals surface area contributed by atoms with Gasteiger partial charge in [-0.05, 0) is 30.4 Å². The molecule has 20 heavy (non-hydrogen) atoms. The Hall–Kier alpha value is -1.55. The summed E-state index contributed by atoms with van der Waals surface area (Å²) in [6.45, 7) is 6.42. The number of nitrogens with zero attached hydrogens (tertiary/aromatic N) is 1. The van der Waals surface area contributed by atoms with Crippen molar-refractivity contribution in [2.45, 2.75) is 26.7 Å². The highest BCUT2D eigenvalue weighted by Crippen LogP contribution is 2.38. The van der Waals surface area contributed by atoms with Crippen LogP contribution in [0.1, 0.15) is 37.0 Å². The lowest BCUT2D eigenvalue weighted by atomic mass is 9.82. The van der Waals surface area contributed by atoms with Crippen molar-refractivity contribution in [3.05, 3.63) is 22.7 Å². The van der Waals surface area contributed by atoms with Gasteiger partial charge in [0, 0.05) is 13.1 Å². The standard InChI is InChI=1S/C15H17ClN2O2/c1-15(2)3-5-18(6-4-15)12-8-11-9(7-10(12)16)13(19)14(20)17-11/h7-8H,3-6H2,1-2H3,(H,17,19,20). The molecule has 3 rings (SSSR count). The van der Waals surface area contributed by atoms with E-state index >= 15 is 0 Å². The average molecular weight is 293 g/mol. The number of rotatable bonds is 1. The van der Waals surface area contributed by atoms with Crippen LogP contribution in [0.2, 0.25) is 5.02 Å². The number of fused-ring (bicyclic) bond motifs is 1. The van der Waals surface area contributed by atoms with Crippen LogP contribution in [0.15, 0.2) is 12.1 Å². The predicted octanol–water partition coefficient (Wildman–Crippen LogP) is 3.10. The third-order valence-electron chi connectivity index (χ3n) is 4.24. The second-order valence-corrected chi connectivity index (χ2v) is 6.69. The summed E-state index contributed by atoms with van der Waals surface area (Å²) in [5.74, 6) is -1.08. The molecule has 1 aromatic rings. The maximum Gasteiger partial charge on any atom is 0.296 e. The zero-order valence-electron chi connectivity index (χ0n) is 11.6. The topological polar surface area (TPSA) is 49.4 Å². The number of amides is 1. The van der Waals surface area contributed by atoms with Gasteiger partial charge in [0.25, 0.3) is 11.7 Å². The molecule has 0 aromatic heterocycles. The maximum absolute atomic E-state index is 11.6. The van der Waals surface area contributed by atoms with E-state index in [9.17, 15) is 9.59 Å². The van der Waals surface area contributed by atoms with Crippen molar-refractivity contribution >= 4 is 34.7 Å². The minimum absolute atomic E-state index is 0.365. The zero-order valence-corrected chi connectivity index (χ0v) is 12.4. The summed E-state index contributed by atoms with van der Waals surface area (Å²) in [6, 6.07) is 3.42. The molecule has 0 bridgehead atoms. The fourth-order valence-corrected chi connectivity index (χ4v) is 3.03. The number of ketones is 1. The van der Waals surface area contributed by atoms with E-state index in [2.05, 4.69) is 24.1 Å². The number of benzene rings is 1. The van der Waals surface area contributed by atoms with Gasteiger partial charge in [-0.3, -0.25) is 9.59 Å². The summed E-state index contributed by atoms with van der Waals surface area (Å²) in [7, 11) is 0. The van der Waals surface area contributed by atoms with E-state index < -0.39 is 11.7 Å². The lowest BCUT2D eigenvalue weighted by Gasteiger charge is -2.38. The lowest BCUT2D eigenvalue weighted by molar-refractivity contribution is -0.112. The van der Waals surface area contributed by atoms with Crippen molar-refractivity contribution in [1.82, 2.24) is 0 Å². The molecular weight excluding hydrogens is 276 g/mol. The quantitative estimate of drug-likeness (QED) is 0.809. The number of anilines is 2. The summed E-state index contributed by atoms with van der Waals surface area (Å²) in [5, 5.41) is 3.13. The second-order valence-electron chi connectivity index (χ2n) is 6.28. The van der Waals surface area contributed by atoms with Crippen LogP contribution in [0.25, 0.3) is 0 Å². The van der Waals surface area contributed by atoms with E-state index in [0.717, 1.165) is 31.6 Å². The minimum atomic E-state index is -0.576. The Balaban J connectivity index is 1.91. The van der Waals surface area contributed by atoms with Crippen molar-refractivity contribution in [3.63, 3.8) is 0 Å². The number of hydrogen-bond donors (Lipinski definition) is 1. The van der Waals surface area contributed by atoms with Crippen LogP contribution in [0.3, 0.4) is 0 Å². The molecule has 0 spiro atoms. The van der Waals surface area contributed by atoms with Crippen LogP contribution in [-0.4, -0.2) is 24.8 Å². The van der Waals surface area contributed by atoms with E-state index in [1.54, 1.807) is 6.07 Å². The predicted molar refractivity (Wildman–Crippen MR) is 79.6 cm³/mol. The Labute approximate surface area is 123 Å². The average Bonchev–Trinajstić information content (AvgIpc) is 2.65. The Bertz CT molecular complexity index is 600. The molecule has 0 atom stereocenters. The highest BCUT2D eigenvalue weighted by atomic mass is 35.5. The molecular formula is C15H17ClN2O2. The minimum Gasteiger partial charge on any atom is -0.370 e. The number of nitrogens with one attached hydrogen (secondary N) is 1. The number of carbonyl (C=O) groups excluding carboxylic acids is 2. The van der Waals surface area contributed by atoms with Gasteiger partial charge in [0.1, 0.15) is 0 Å². The first-order valence-electron chi connectivity index (χ1n) is 6.82. The van der Waals surface area contributed by atoms with Gasteiger partial charge in [0.05, 0.1) is 22.0 Å². The van der Waals surface area contributed by atoms with Gasteiger partial charge in [-0.15, -0.1) is 0 Å². The molecule has 0 aliphatic carbocycles. The van der Waals surface area contributed by atoms with Gasteiger partial charge in [-0.2, -0.15) is 0 Å². The number of piperidine rings is 1. The first-order chi connectivity index (χ1) is 9.37. The third-order valence-corrected chi connectivity index (χ3v) is 4.55. The first kappa shape index (κ1) is 13.4. The molecule has 0 unspecified atom stereocenters. The number of hydrogen-bond acceptors (Lipinski definition) is 3. The molecule has 1 saturated heterocycles. The largest absolute Gasteiger partial charge is 0.370 e. The third kappa shape index (κ3) is 2.18. The number of carbonyl (C=O) groups is 2. The van der Waals surface area contributed by atoms with Crippen molar-refractivity contribution in [2.75, 3.05) is 23.3 Å². The molecule has 4 nitrogen and oxygen atoms in total. The fraction of sp³-hybridized carbons (Fsp3) is 0.467. The van der Waals surface area contributed by atoms with Crippen molar-refractivity contribution in [2.24, 2.45) is 5.41 Å². The first-order valence-corrected chi connectivity index (χ1v) is 7.19. The van der Waals surface area contributed by atoms with Crippen molar-refractivity contribution in [3.8, 4) is 0 Å². The summed E-state index contributed by atoms with van der Waals surface area (Å²) in [4.78, 5) is 25.3. The molecule has 1 amide bonds. The van der Waals surface area contributed by atoms with Crippen LogP contribution in [0, 0.1) is 5.41 Å². The van der Waals surface area contributed by atoms with Gasteiger partial charge in [0.15, 0.2) is 0 Å². The second kappa shape index (κ2) is 4.48. The zero-order chi connectivity index (χ0) is 14.5. The molecule has 1 fully saturated rings. The Morgan fingerprint density at radius 2 is 1.85 bits per heavy atom. The van der Waals surface area contributed by atoms with Gasteiger partial charge in [-0.1, -0.05) is 25.4 Å². The summed E-state index contributed by atoms with van der Waals surface area (Å²) >= 11 is 6.29. The highest BCUT2D eigenvalue weighted by molar-refractivity contribution is 6.52. The normalized spacial score (nSPS) is 20.9. The molecule has 5 heteroatoms. The van der Waals surface area contributed by atoms with Crippen LogP contribution < -0.4 is 10.2 Å². The lowest BCUT2D eigenvalue weighted by Crippen LogP contribution is -2.37. The Morgan fingerprint density at radius 1 is 1.20 bits per heavy atom. The summed E-state index contributed by atoms with van der Waals surface area (Å²) in [5.41, 5.74) is 2.21. The number of Topliss-reactive ketones (excluding diaryl/α,β-unsaturated/α-hetero) is 1. The van der Waals surface area contributed by atoms with E-state index in [0.29, 0.717) is 21.7 Å². The van der Waals surface area contributed by atoms with Gasteiger partial charge in [-0.25, -0.2) is 0 Å². The summed E-state index contributed by atoms with van der Waals surface area (Å²) in [6.07, 6.45) is 2.21. The van der Waals surface area contributed by atoms with E-state index in [1.807, 2.05) is 6.07 Å². The molecule has 106 valence electrons. The Kier molecular flexibility index (Phi) is 3.01. The molecule has 0 saturated carbocycles. The SMILES string of the molecule is CC1(C)CCN(c2cc3c(cc2Cl)C(=O)C(=O)N3)CC1. The van der Waals surface area contributed by atoms with Crippen LogP contribution in [-0.2, 0) is 4.79 Å². The fourth-order valence-electron chi connectivity index (χ4n) is 2.75. The van der Waals surface area contributed by atoms with Gasteiger partial charge < -0.3 is 10.2 Å². The molecule has 2 aliphatic rings. The van der Waals surface area contributed by atoms with Crippen molar-refractivity contribution < 1.29 is 9.59 Å². The van der Waals surface area contributed by atoms with Crippen LogP contribution in [0.5, 0.6) is 0 Å². The monoisotopic (exact) mass is 292 g/mol. The van der Waals surface area contributed by atoms with Gasteiger partial charge in [0.2, 0.25) is 0 Å². The molecule has 2 aliphatic heterocycles. The molecule has 0 radical (unpaired) electrons. The smallest absolute Gasteiger partial charge is 0.296 e. The molecule has 2 heterocycles. The van der Waals surface area contributed by atoms with Crippen molar-refractivity contribution in [1.29, 1.82) is 0 Å².